The Morgan fingerprint density at radius 2 is 2.00 bits per heavy atom. The van der Waals surface area contributed by atoms with E-state index in [1.807, 2.05) is 7.05 Å². The standard InChI is InChI=1S/C15H24N4/c1-3-5-13-14(16-2)17-10-18-15(13)19-8-11-6-4-7-12(11)9-19/h10-12H,3-9H2,1-2H3,(H,16,17,18). The zero-order chi connectivity index (χ0) is 13.2. The van der Waals surface area contributed by atoms with Gasteiger partial charge >= 0.3 is 0 Å². The lowest BCUT2D eigenvalue weighted by atomic mass is 10.0. The maximum absolute atomic E-state index is 4.59. The molecule has 4 nitrogen and oxygen atoms in total. The maximum Gasteiger partial charge on any atom is 0.137 e. The van der Waals surface area contributed by atoms with E-state index < -0.39 is 0 Å². The van der Waals surface area contributed by atoms with E-state index in [0.717, 1.165) is 30.5 Å². The van der Waals surface area contributed by atoms with E-state index in [4.69, 9.17) is 0 Å². The van der Waals surface area contributed by atoms with Gasteiger partial charge in [-0.25, -0.2) is 9.97 Å². The molecular formula is C15H24N4. The number of rotatable bonds is 4. The molecular weight excluding hydrogens is 236 g/mol. The molecule has 1 aromatic heterocycles. The van der Waals surface area contributed by atoms with E-state index in [1.54, 1.807) is 6.33 Å². The van der Waals surface area contributed by atoms with Crippen LogP contribution in [0.3, 0.4) is 0 Å². The number of aromatic nitrogens is 2. The van der Waals surface area contributed by atoms with Crippen molar-refractivity contribution in [3.63, 3.8) is 0 Å². The molecule has 1 N–H and O–H groups in total. The Balaban J connectivity index is 1.87. The molecule has 2 atom stereocenters. The van der Waals surface area contributed by atoms with Gasteiger partial charge in [0.1, 0.15) is 18.0 Å². The van der Waals surface area contributed by atoms with Crippen LogP contribution in [0, 0.1) is 11.8 Å². The molecule has 2 fully saturated rings. The monoisotopic (exact) mass is 260 g/mol. The van der Waals surface area contributed by atoms with Crippen molar-refractivity contribution >= 4 is 11.6 Å². The zero-order valence-electron chi connectivity index (χ0n) is 12.0. The largest absolute Gasteiger partial charge is 0.373 e. The second kappa shape index (κ2) is 5.35. The van der Waals surface area contributed by atoms with Crippen molar-refractivity contribution in [3.8, 4) is 0 Å². The number of anilines is 2. The van der Waals surface area contributed by atoms with Crippen LogP contribution in [0.4, 0.5) is 11.6 Å². The summed E-state index contributed by atoms with van der Waals surface area (Å²) in [4.78, 5) is 11.5. The smallest absolute Gasteiger partial charge is 0.137 e. The molecule has 4 heteroatoms. The summed E-state index contributed by atoms with van der Waals surface area (Å²) in [5.74, 6) is 3.99. The summed E-state index contributed by atoms with van der Waals surface area (Å²) in [5.41, 5.74) is 1.30. The summed E-state index contributed by atoms with van der Waals surface area (Å²) in [7, 11) is 1.95. The number of nitrogens with zero attached hydrogens (tertiary/aromatic N) is 3. The first-order valence-electron chi connectivity index (χ1n) is 7.60. The summed E-state index contributed by atoms with van der Waals surface area (Å²) < 4.78 is 0. The molecule has 2 unspecified atom stereocenters. The van der Waals surface area contributed by atoms with Crippen LogP contribution in [0.15, 0.2) is 6.33 Å². The summed E-state index contributed by atoms with van der Waals surface area (Å²) in [6.45, 7) is 4.61. The molecule has 1 aromatic rings. The van der Waals surface area contributed by atoms with Gasteiger partial charge in [-0.1, -0.05) is 19.8 Å². The zero-order valence-corrected chi connectivity index (χ0v) is 12.0. The second-order valence-corrected chi connectivity index (χ2v) is 5.88. The quantitative estimate of drug-likeness (QED) is 0.903. The summed E-state index contributed by atoms with van der Waals surface area (Å²) in [6.07, 6.45) is 8.14. The van der Waals surface area contributed by atoms with Gasteiger partial charge in [0.05, 0.1) is 0 Å². The number of fused-ring (bicyclic) bond motifs is 1. The molecule has 0 spiro atoms. The van der Waals surface area contributed by atoms with Crippen molar-refractivity contribution in [3.05, 3.63) is 11.9 Å². The Hall–Kier alpha value is -1.32. The van der Waals surface area contributed by atoms with Crippen LogP contribution in [-0.4, -0.2) is 30.1 Å². The van der Waals surface area contributed by atoms with Gasteiger partial charge in [-0.3, -0.25) is 0 Å². The predicted octanol–water partition coefficient (Wildman–Crippen LogP) is 2.71. The Bertz CT molecular complexity index is 434. The van der Waals surface area contributed by atoms with Crippen molar-refractivity contribution in [2.24, 2.45) is 11.8 Å². The van der Waals surface area contributed by atoms with Gasteiger partial charge in [-0.15, -0.1) is 0 Å². The molecule has 2 heterocycles. The van der Waals surface area contributed by atoms with Crippen LogP contribution in [0.1, 0.15) is 38.2 Å². The van der Waals surface area contributed by atoms with Crippen LogP contribution in [0.5, 0.6) is 0 Å². The number of hydrogen-bond donors (Lipinski definition) is 1. The molecule has 1 aliphatic carbocycles. The number of nitrogens with one attached hydrogen (secondary N) is 1. The van der Waals surface area contributed by atoms with Crippen LogP contribution >= 0.6 is 0 Å². The highest BCUT2D eigenvalue weighted by molar-refractivity contribution is 5.59. The summed E-state index contributed by atoms with van der Waals surface area (Å²) >= 11 is 0. The highest BCUT2D eigenvalue weighted by Crippen LogP contribution is 2.40. The van der Waals surface area contributed by atoms with Crippen LogP contribution in [0.25, 0.3) is 0 Å². The minimum atomic E-state index is 0.905. The van der Waals surface area contributed by atoms with E-state index in [2.05, 4.69) is 27.1 Å². The van der Waals surface area contributed by atoms with Crippen molar-refractivity contribution in [1.29, 1.82) is 0 Å². The molecule has 0 radical (unpaired) electrons. The van der Waals surface area contributed by atoms with Gasteiger partial charge in [-0.2, -0.15) is 0 Å². The van der Waals surface area contributed by atoms with Crippen LogP contribution < -0.4 is 10.2 Å². The van der Waals surface area contributed by atoms with E-state index in [-0.39, 0.29) is 0 Å². The summed E-state index contributed by atoms with van der Waals surface area (Å²) in [6, 6.07) is 0. The highest BCUT2D eigenvalue weighted by Gasteiger charge is 2.37. The highest BCUT2D eigenvalue weighted by atomic mass is 15.2. The van der Waals surface area contributed by atoms with Gasteiger partial charge in [-0.05, 0) is 31.1 Å². The molecule has 0 amide bonds. The minimum absolute atomic E-state index is 0.905. The molecule has 104 valence electrons. The Morgan fingerprint density at radius 3 is 2.63 bits per heavy atom. The van der Waals surface area contributed by atoms with Gasteiger partial charge in [0.2, 0.25) is 0 Å². The fourth-order valence-corrected chi connectivity index (χ4v) is 3.78. The van der Waals surface area contributed by atoms with Crippen LogP contribution in [0.2, 0.25) is 0 Å². The molecule has 2 aliphatic rings. The fourth-order valence-electron chi connectivity index (χ4n) is 3.78. The minimum Gasteiger partial charge on any atom is -0.373 e. The Morgan fingerprint density at radius 1 is 1.26 bits per heavy atom. The predicted molar refractivity (Wildman–Crippen MR) is 78.6 cm³/mol. The fraction of sp³-hybridized carbons (Fsp3) is 0.733. The molecule has 1 saturated heterocycles. The second-order valence-electron chi connectivity index (χ2n) is 5.88. The van der Waals surface area contributed by atoms with Crippen molar-refractivity contribution < 1.29 is 0 Å². The Labute approximate surface area is 115 Å². The van der Waals surface area contributed by atoms with Crippen LogP contribution in [-0.2, 0) is 6.42 Å². The van der Waals surface area contributed by atoms with E-state index in [9.17, 15) is 0 Å². The first-order chi connectivity index (χ1) is 9.33. The molecule has 3 rings (SSSR count). The molecule has 19 heavy (non-hydrogen) atoms. The lowest BCUT2D eigenvalue weighted by Gasteiger charge is -2.22. The first kappa shape index (κ1) is 12.7. The lowest BCUT2D eigenvalue weighted by molar-refractivity contribution is 0.494. The lowest BCUT2D eigenvalue weighted by Crippen LogP contribution is -2.24. The van der Waals surface area contributed by atoms with Gasteiger partial charge in [0, 0.05) is 25.7 Å². The Kier molecular flexibility index (Phi) is 3.58. The van der Waals surface area contributed by atoms with Crippen molar-refractivity contribution in [2.45, 2.75) is 39.0 Å². The van der Waals surface area contributed by atoms with Gasteiger partial charge in [0.25, 0.3) is 0 Å². The normalized spacial score (nSPS) is 25.7. The molecule has 0 bridgehead atoms. The molecule has 1 saturated carbocycles. The first-order valence-corrected chi connectivity index (χ1v) is 7.60. The average molecular weight is 260 g/mol. The SMILES string of the molecule is CCCc1c(NC)ncnc1N1CC2CCCC2C1. The van der Waals surface area contributed by atoms with Gasteiger partial charge in [0.15, 0.2) is 0 Å². The topological polar surface area (TPSA) is 41.1 Å². The van der Waals surface area contributed by atoms with Crippen molar-refractivity contribution in [1.82, 2.24) is 9.97 Å². The molecule has 0 aromatic carbocycles. The maximum atomic E-state index is 4.59. The summed E-state index contributed by atoms with van der Waals surface area (Å²) in [5, 5.41) is 3.22. The van der Waals surface area contributed by atoms with Crippen molar-refractivity contribution in [2.75, 3.05) is 30.4 Å². The van der Waals surface area contributed by atoms with Gasteiger partial charge < -0.3 is 10.2 Å². The number of hydrogen-bond acceptors (Lipinski definition) is 4. The molecule has 1 aliphatic heterocycles. The average Bonchev–Trinajstić information content (AvgIpc) is 3.00. The third-order valence-electron chi connectivity index (χ3n) is 4.69. The van der Waals surface area contributed by atoms with E-state index in [1.165, 1.54) is 43.7 Å². The third-order valence-corrected chi connectivity index (χ3v) is 4.69. The van der Waals surface area contributed by atoms with E-state index in [0.29, 0.717) is 0 Å². The van der Waals surface area contributed by atoms with E-state index >= 15 is 0 Å². The third kappa shape index (κ3) is 2.28.